The van der Waals surface area contributed by atoms with Crippen LogP contribution in [0.5, 0.6) is 0 Å². The van der Waals surface area contributed by atoms with E-state index in [-0.39, 0.29) is 4.45 Å². The highest BCUT2D eigenvalue weighted by molar-refractivity contribution is 9.12. The lowest BCUT2D eigenvalue weighted by atomic mass is 10.4. The molecule has 2 N–H and O–H groups in total. The average molecular weight is 217 g/mol. The van der Waals surface area contributed by atoms with E-state index in [2.05, 4.69) is 31.9 Å². The van der Waals surface area contributed by atoms with Gasteiger partial charge in [-0.05, 0) is 6.92 Å². The van der Waals surface area contributed by atoms with Crippen molar-refractivity contribution in [2.75, 3.05) is 5.33 Å². The third-order valence-corrected chi connectivity index (χ3v) is 2.46. The molecule has 0 amide bonds. The van der Waals surface area contributed by atoms with Crippen LogP contribution in [0, 0.1) is 0 Å². The monoisotopic (exact) mass is 215 g/mol. The largest absolute Gasteiger partial charge is 0.316 e. The van der Waals surface area contributed by atoms with E-state index in [1.54, 1.807) is 0 Å². The molecule has 0 aromatic carbocycles. The Kier molecular flexibility index (Phi) is 2.63. The maximum atomic E-state index is 5.40. The predicted molar refractivity (Wildman–Crippen MR) is 35.3 cm³/mol. The first kappa shape index (κ1) is 6.92. The molecular formula is C3H7Br2N. The summed E-state index contributed by atoms with van der Waals surface area (Å²) in [5.74, 6) is 0. The minimum Gasteiger partial charge on any atom is -0.316 e. The van der Waals surface area contributed by atoms with Crippen molar-refractivity contribution in [1.82, 2.24) is 0 Å². The van der Waals surface area contributed by atoms with Gasteiger partial charge in [0, 0.05) is 5.33 Å². The fourth-order valence-corrected chi connectivity index (χ4v) is 0. The van der Waals surface area contributed by atoms with Crippen LogP contribution >= 0.6 is 31.9 Å². The molecule has 0 aromatic rings. The zero-order valence-corrected chi connectivity index (χ0v) is 6.71. The van der Waals surface area contributed by atoms with Crippen molar-refractivity contribution in [3.63, 3.8) is 0 Å². The molecule has 0 rings (SSSR count). The lowest BCUT2D eigenvalue weighted by Crippen LogP contribution is -2.29. The van der Waals surface area contributed by atoms with E-state index in [1.807, 2.05) is 6.92 Å². The molecule has 0 saturated carbocycles. The van der Waals surface area contributed by atoms with Crippen molar-refractivity contribution < 1.29 is 0 Å². The molecule has 38 valence electrons. The molecule has 0 heterocycles. The van der Waals surface area contributed by atoms with Crippen molar-refractivity contribution in [2.45, 2.75) is 11.4 Å². The molecule has 0 spiro atoms. The summed E-state index contributed by atoms with van der Waals surface area (Å²) in [5.41, 5.74) is 5.40. The van der Waals surface area contributed by atoms with Crippen LogP contribution in [0.3, 0.4) is 0 Å². The second-order valence-corrected chi connectivity index (χ2v) is 3.78. The Morgan fingerprint density at radius 1 is 1.83 bits per heavy atom. The van der Waals surface area contributed by atoms with E-state index < -0.39 is 0 Å². The normalized spacial score (nSPS) is 20.0. The first-order valence-corrected chi connectivity index (χ1v) is 3.51. The van der Waals surface area contributed by atoms with Crippen LogP contribution in [-0.4, -0.2) is 9.78 Å². The summed E-state index contributed by atoms with van der Waals surface area (Å²) in [6, 6.07) is 0. The van der Waals surface area contributed by atoms with Crippen molar-refractivity contribution in [1.29, 1.82) is 0 Å². The molecule has 0 aromatic heterocycles. The van der Waals surface area contributed by atoms with E-state index in [0.717, 1.165) is 5.33 Å². The van der Waals surface area contributed by atoms with Crippen molar-refractivity contribution in [3.8, 4) is 0 Å². The first-order chi connectivity index (χ1) is 2.56. The fourth-order valence-electron chi connectivity index (χ4n) is 0. The molecule has 0 bridgehead atoms. The fraction of sp³-hybridized carbons (Fsp3) is 1.00. The predicted octanol–water partition coefficient (Wildman–Crippen LogP) is 1.45. The van der Waals surface area contributed by atoms with Crippen molar-refractivity contribution >= 4 is 31.9 Å². The maximum absolute atomic E-state index is 5.40. The zero-order chi connectivity index (χ0) is 5.21. The van der Waals surface area contributed by atoms with E-state index in [0.29, 0.717) is 0 Å². The van der Waals surface area contributed by atoms with Gasteiger partial charge in [0.1, 0.15) is 0 Å². The van der Waals surface area contributed by atoms with Crippen LogP contribution in [0.1, 0.15) is 6.92 Å². The Morgan fingerprint density at radius 3 is 2.00 bits per heavy atom. The van der Waals surface area contributed by atoms with Gasteiger partial charge in [0.25, 0.3) is 0 Å². The Hall–Kier alpha value is 0.920. The molecule has 0 fully saturated rings. The Morgan fingerprint density at radius 2 is 2.00 bits per heavy atom. The highest BCUT2D eigenvalue weighted by atomic mass is 79.9. The van der Waals surface area contributed by atoms with E-state index in [9.17, 15) is 0 Å². The molecule has 0 radical (unpaired) electrons. The molecule has 0 saturated heterocycles. The molecule has 1 unspecified atom stereocenters. The zero-order valence-electron chi connectivity index (χ0n) is 3.54. The first-order valence-electron chi connectivity index (χ1n) is 1.60. The smallest absolute Gasteiger partial charge is 0.0786 e. The molecule has 0 aliphatic rings. The third kappa shape index (κ3) is 4.92. The van der Waals surface area contributed by atoms with E-state index in [1.165, 1.54) is 0 Å². The summed E-state index contributed by atoms with van der Waals surface area (Å²) in [4.78, 5) is 0. The topological polar surface area (TPSA) is 26.0 Å². The van der Waals surface area contributed by atoms with Crippen LogP contribution < -0.4 is 5.73 Å². The van der Waals surface area contributed by atoms with Gasteiger partial charge in [0.05, 0.1) is 4.45 Å². The lowest BCUT2D eigenvalue weighted by molar-refractivity contribution is 0.797. The highest BCUT2D eigenvalue weighted by Gasteiger charge is 2.07. The van der Waals surface area contributed by atoms with Gasteiger partial charge in [-0.3, -0.25) is 0 Å². The standard InChI is InChI=1S/C3H7Br2N/c1-3(5,6)2-4/h2,6H2,1H3. The summed E-state index contributed by atoms with van der Waals surface area (Å²) in [5, 5.41) is 0.778. The molecular weight excluding hydrogens is 210 g/mol. The SMILES string of the molecule is CC(N)(Br)CBr. The summed E-state index contributed by atoms with van der Waals surface area (Å²) >= 11 is 6.41. The molecule has 6 heavy (non-hydrogen) atoms. The van der Waals surface area contributed by atoms with E-state index >= 15 is 0 Å². The minimum atomic E-state index is -0.229. The number of hydrogen-bond acceptors (Lipinski definition) is 1. The Bertz CT molecular complexity index is 38.5. The highest BCUT2D eigenvalue weighted by Crippen LogP contribution is 2.10. The van der Waals surface area contributed by atoms with Gasteiger partial charge >= 0.3 is 0 Å². The van der Waals surface area contributed by atoms with Gasteiger partial charge in [-0.1, -0.05) is 31.9 Å². The number of nitrogens with two attached hydrogens (primary N) is 1. The summed E-state index contributed by atoms with van der Waals surface area (Å²) < 4.78 is -0.229. The van der Waals surface area contributed by atoms with Crippen LogP contribution in [0.2, 0.25) is 0 Å². The summed E-state index contributed by atoms with van der Waals surface area (Å²) in [7, 11) is 0. The Balaban J connectivity index is 3.17. The van der Waals surface area contributed by atoms with Gasteiger partial charge < -0.3 is 5.73 Å². The van der Waals surface area contributed by atoms with Gasteiger partial charge in [-0.15, -0.1) is 0 Å². The number of alkyl halides is 2. The van der Waals surface area contributed by atoms with Crippen molar-refractivity contribution in [3.05, 3.63) is 0 Å². The van der Waals surface area contributed by atoms with Gasteiger partial charge in [-0.2, -0.15) is 0 Å². The molecule has 0 aliphatic heterocycles. The minimum absolute atomic E-state index is 0.229. The summed E-state index contributed by atoms with van der Waals surface area (Å²) in [6.07, 6.45) is 0. The van der Waals surface area contributed by atoms with Gasteiger partial charge in [0.2, 0.25) is 0 Å². The molecule has 1 atom stereocenters. The second-order valence-electron chi connectivity index (χ2n) is 1.41. The maximum Gasteiger partial charge on any atom is 0.0786 e. The molecule has 1 nitrogen and oxygen atoms in total. The van der Waals surface area contributed by atoms with Crippen molar-refractivity contribution in [2.24, 2.45) is 5.73 Å². The van der Waals surface area contributed by atoms with Crippen LogP contribution in [-0.2, 0) is 0 Å². The quantitative estimate of drug-likeness (QED) is 0.522. The van der Waals surface area contributed by atoms with Crippen LogP contribution in [0.15, 0.2) is 0 Å². The second kappa shape index (κ2) is 2.28. The number of halogens is 2. The van der Waals surface area contributed by atoms with E-state index in [4.69, 9.17) is 5.73 Å². The van der Waals surface area contributed by atoms with Crippen LogP contribution in [0.25, 0.3) is 0 Å². The summed E-state index contributed by atoms with van der Waals surface area (Å²) in [6.45, 7) is 1.89. The van der Waals surface area contributed by atoms with Gasteiger partial charge in [-0.25, -0.2) is 0 Å². The number of hydrogen-bond donors (Lipinski definition) is 1. The Labute approximate surface area is 54.5 Å². The average Bonchev–Trinajstić information content (AvgIpc) is 1.35. The lowest BCUT2D eigenvalue weighted by Gasteiger charge is -2.09. The van der Waals surface area contributed by atoms with Gasteiger partial charge in [0.15, 0.2) is 0 Å². The molecule has 3 heteroatoms. The third-order valence-electron chi connectivity index (χ3n) is 0.261. The number of rotatable bonds is 1. The molecule has 0 aliphatic carbocycles. The van der Waals surface area contributed by atoms with Crippen LogP contribution in [0.4, 0.5) is 0 Å².